The summed E-state index contributed by atoms with van der Waals surface area (Å²) in [7, 11) is -0.443. The van der Waals surface area contributed by atoms with E-state index in [1.54, 1.807) is 0 Å². The third-order valence-corrected chi connectivity index (χ3v) is 6.36. The van der Waals surface area contributed by atoms with Gasteiger partial charge in [-0.1, -0.05) is 0 Å². The van der Waals surface area contributed by atoms with E-state index in [9.17, 15) is 5.11 Å². The molecule has 0 unspecified atom stereocenters. The zero-order chi connectivity index (χ0) is 20.5. The van der Waals surface area contributed by atoms with Crippen LogP contribution >= 0.6 is 0 Å². The number of anilines is 1. The minimum absolute atomic E-state index is 0.206. The summed E-state index contributed by atoms with van der Waals surface area (Å²) in [5, 5.41) is 9.31. The average molecular weight is 390 g/mol. The van der Waals surface area contributed by atoms with E-state index in [1.807, 2.05) is 40.1 Å². The fourth-order valence-corrected chi connectivity index (χ4v) is 3.86. The van der Waals surface area contributed by atoms with Gasteiger partial charge in [0.25, 0.3) is 0 Å². The highest BCUT2D eigenvalue weighted by molar-refractivity contribution is 6.61. The van der Waals surface area contributed by atoms with Crippen LogP contribution in [0.1, 0.15) is 54.4 Å². The van der Waals surface area contributed by atoms with Gasteiger partial charge in [-0.2, -0.15) is 0 Å². The number of aliphatic hydroxyl groups excluding tert-OH is 1. The fourth-order valence-electron chi connectivity index (χ4n) is 3.86. The zero-order valence-corrected chi connectivity index (χ0v) is 18.2. The Labute approximate surface area is 169 Å². The van der Waals surface area contributed by atoms with Gasteiger partial charge in [0, 0.05) is 43.0 Å². The molecule has 0 spiro atoms. The normalized spacial score (nSPS) is 24.3. The molecule has 1 aromatic heterocycles. The van der Waals surface area contributed by atoms with Crippen LogP contribution in [0.15, 0.2) is 12.4 Å². The Morgan fingerprint density at radius 2 is 1.82 bits per heavy atom. The molecule has 2 aliphatic rings. The van der Waals surface area contributed by atoms with E-state index in [0.717, 1.165) is 37.5 Å². The van der Waals surface area contributed by atoms with E-state index in [2.05, 4.69) is 33.6 Å². The van der Waals surface area contributed by atoms with Crippen molar-refractivity contribution in [1.29, 1.82) is 0 Å². The molecule has 0 amide bonds. The third kappa shape index (κ3) is 4.35. The molecule has 2 fully saturated rings. The van der Waals surface area contributed by atoms with Crippen molar-refractivity contribution in [2.45, 2.75) is 77.7 Å². The van der Waals surface area contributed by atoms with Crippen LogP contribution in [0.25, 0.3) is 0 Å². The molecule has 3 rings (SSSR count). The molecule has 0 bridgehead atoms. The summed E-state index contributed by atoms with van der Waals surface area (Å²) in [4.78, 5) is 13.9. The minimum atomic E-state index is -0.443. The lowest BCUT2D eigenvalue weighted by atomic mass is 9.81. The number of aromatic nitrogens is 2. The Morgan fingerprint density at radius 1 is 1.21 bits per heavy atom. The van der Waals surface area contributed by atoms with Gasteiger partial charge in [0.05, 0.1) is 17.8 Å². The summed E-state index contributed by atoms with van der Waals surface area (Å²) in [6.45, 7) is 15.4. The monoisotopic (exact) mass is 390 g/mol. The highest BCUT2D eigenvalue weighted by atomic mass is 16.7. The van der Waals surface area contributed by atoms with Gasteiger partial charge in [0.1, 0.15) is 0 Å². The molecule has 156 valence electrons. The number of hydrogen-bond acceptors (Lipinski definition) is 7. The lowest BCUT2D eigenvalue weighted by Gasteiger charge is -2.33. The Kier molecular flexibility index (Phi) is 6.34. The number of likely N-dealkylation sites (tertiary alicyclic amines) is 1. The van der Waals surface area contributed by atoms with E-state index < -0.39 is 7.12 Å². The Balaban J connectivity index is 1.71. The van der Waals surface area contributed by atoms with Crippen molar-refractivity contribution in [2.75, 3.05) is 31.1 Å². The molecule has 1 atom stereocenters. The van der Waals surface area contributed by atoms with Crippen molar-refractivity contribution in [2.24, 2.45) is 0 Å². The molecular weight excluding hydrogens is 355 g/mol. The van der Waals surface area contributed by atoms with Crippen LogP contribution in [0, 0.1) is 0 Å². The maximum atomic E-state index is 9.31. The molecule has 0 aromatic carbocycles. The molecule has 2 saturated heterocycles. The maximum absolute atomic E-state index is 9.31. The third-order valence-electron chi connectivity index (χ3n) is 6.36. The average Bonchev–Trinajstić information content (AvgIpc) is 3.14. The minimum Gasteiger partial charge on any atom is -0.399 e. The smallest absolute Gasteiger partial charge is 0.399 e. The number of nitrogens with zero attached hydrogens (tertiary/aromatic N) is 4. The van der Waals surface area contributed by atoms with Gasteiger partial charge in [-0.15, -0.1) is 0 Å². The van der Waals surface area contributed by atoms with Crippen molar-refractivity contribution in [1.82, 2.24) is 14.9 Å². The summed E-state index contributed by atoms with van der Waals surface area (Å²) < 4.78 is 12.2. The first-order valence-corrected chi connectivity index (χ1v) is 10.4. The van der Waals surface area contributed by atoms with Gasteiger partial charge in [-0.25, -0.2) is 9.97 Å². The zero-order valence-electron chi connectivity index (χ0n) is 18.2. The van der Waals surface area contributed by atoms with Gasteiger partial charge in [0.15, 0.2) is 0 Å². The second-order valence-corrected chi connectivity index (χ2v) is 9.21. The van der Waals surface area contributed by atoms with E-state index >= 15 is 0 Å². The number of aliphatic hydroxyl groups is 1. The molecule has 0 aliphatic carbocycles. The van der Waals surface area contributed by atoms with Crippen molar-refractivity contribution < 1.29 is 14.4 Å². The van der Waals surface area contributed by atoms with Crippen molar-refractivity contribution in [3.63, 3.8) is 0 Å². The second-order valence-electron chi connectivity index (χ2n) is 9.21. The van der Waals surface area contributed by atoms with Gasteiger partial charge < -0.3 is 19.3 Å². The SMILES string of the molecule is CC(C)N(C[C@@H]1CCCN1CCO)c1ncc(B2OC(C)(C)C(C)(C)O2)cn1. The number of hydrogen-bond donors (Lipinski definition) is 1. The summed E-state index contributed by atoms with van der Waals surface area (Å²) in [5.41, 5.74) is 0.0895. The van der Waals surface area contributed by atoms with Crippen LogP contribution in [-0.2, 0) is 9.31 Å². The highest BCUT2D eigenvalue weighted by Gasteiger charge is 2.52. The molecule has 0 radical (unpaired) electrons. The Hall–Kier alpha value is -1.22. The quantitative estimate of drug-likeness (QED) is 0.707. The first-order chi connectivity index (χ1) is 13.1. The van der Waals surface area contributed by atoms with Gasteiger partial charge in [-0.3, -0.25) is 4.90 Å². The highest BCUT2D eigenvalue weighted by Crippen LogP contribution is 2.36. The molecular formula is C20H35BN4O3. The Bertz CT molecular complexity index is 637. The summed E-state index contributed by atoms with van der Waals surface area (Å²) >= 11 is 0. The predicted molar refractivity (Wildman–Crippen MR) is 112 cm³/mol. The van der Waals surface area contributed by atoms with E-state index in [0.29, 0.717) is 12.1 Å². The molecule has 1 aromatic rings. The van der Waals surface area contributed by atoms with Crippen LogP contribution in [0.4, 0.5) is 5.95 Å². The fraction of sp³-hybridized carbons (Fsp3) is 0.800. The number of rotatable bonds is 7. The lowest BCUT2D eigenvalue weighted by molar-refractivity contribution is 0.00578. The van der Waals surface area contributed by atoms with Crippen LogP contribution in [0.2, 0.25) is 0 Å². The Morgan fingerprint density at radius 3 is 2.36 bits per heavy atom. The summed E-state index contributed by atoms with van der Waals surface area (Å²) in [6.07, 6.45) is 5.97. The largest absolute Gasteiger partial charge is 0.498 e. The topological polar surface area (TPSA) is 71.0 Å². The van der Waals surface area contributed by atoms with Gasteiger partial charge in [0.2, 0.25) is 5.95 Å². The van der Waals surface area contributed by atoms with Crippen molar-refractivity contribution in [3.05, 3.63) is 12.4 Å². The lowest BCUT2D eigenvalue weighted by Crippen LogP contribution is -2.45. The van der Waals surface area contributed by atoms with E-state index in [1.165, 1.54) is 6.42 Å². The van der Waals surface area contributed by atoms with Crippen LogP contribution in [0.3, 0.4) is 0 Å². The summed E-state index contributed by atoms with van der Waals surface area (Å²) in [6, 6.07) is 0.722. The van der Waals surface area contributed by atoms with Crippen molar-refractivity contribution in [3.8, 4) is 0 Å². The second kappa shape index (κ2) is 8.26. The standard InChI is InChI=1S/C20H35BN4O3/c1-15(2)25(14-17-8-7-9-24(17)10-11-26)18-22-12-16(13-23-18)21-27-19(3,4)20(5,6)28-21/h12-13,15,17,26H,7-11,14H2,1-6H3/t17-/m0/s1. The first kappa shape index (κ1) is 21.5. The summed E-state index contributed by atoms with van der Waals surface area (Å²) in [5.74, 6) is 0.728. The maximum Gasteiger partial charge on any atom is 0.498 e. The van der Waals surface area contributed by atoms with E-state index in [-0.39, 0.29) is 17.8 Å². The predicted octanol–water partition coefficient (Wildman–Crippen LogP) is 1.45. The first-order valence-electron chi connectivity index (χ1n) is 10.4. The van der Waals surface area contributed by atoms with Gasteiger partial charge in [-0.05, 0) is 60.9 Å². The molecule has 0 saturated carbocycles. The van der Waals surface area contributed by atoms with Crippen molar-refractivity contribution >= 4 is 18.5 Å². The molecule has 7 nitrogen and oxygen atoms in total. The van der Waals surface area contributed by atoms with Crippen LogP contribution in [0.5, 0.6) is 0 Å². The molecule has 28 heavy (non-hydrogen) atoms. The van der Waals surface area contributed by atoms with Crippen LogP contribution < -0.4 is 10.4 Å². The molecule has 8 heteroatoms. The van der Waals surface area contributed by atoms with Crippen LogP contribution in [-0.4, -0.2) is 76.6 Å². The van der Waals surface area contributed by atoms with Gasteiger partial charge >= 0.3 is 7.12 Å². The van der Waals surface area contributed by atoms with E-state index in [4.69, 9.17) is 9.31 Å². The molecule has 1 N–H and O–H groups in total. The molecule has 2 aliphatic heterocycles. The number of β-amino-alcohol motifs (C(OH)–C–C–N with tert-alkyl or cyclic N) is 1. The molecule has 3 heterocycles.